The smallest absolute Gasteiger partial charge is 0.0424 e. The van der Waals surface area contributed by atoms with Crippen LogP contribution in [0.25, 0.3) is 0 Å². The van der Waals surface area contributed by atoms with E-state index < -0.39 is 0 Å². The van der Waals surface area contributed by atoms with E-state index in [1.807, 2.05) is 12.1 Å². The van der Waals surface area contributed by atoms with Crippen LogP contribution in [0.4, 0.5) is 0 Å². The summed E-state index contributed by atoms with van der Waals surface area (Å²) in [6.45, 7) is 9.27. The van der Waals surface area contributed by atoms with Crippen molar-refractivity contribution in [2.75, 3.05) is 13.1 Å². The predicted molar refractivity (Wildman–Crippen MR) is 84.0 cm³/mol. The fourth-order valence-corrected chi connectivity index (χ4v) is 3.51. The molecule has 1 saturated heterocycles. The second kappa shape index (κ2) is 6.47. The average Bonchev–Trinajstić information content (AvgIpc) is 2.37. The van der Waals surface area contributed by atoms with Gasteiger partial charge in [0.05, 0.1) is 0 Å². The van der Waals surface area contributed by atoms with Gasteiger partial charge in [0.2, 0.25) is 0 Å². The predicted octanol–water partition coefficient (Wildman–Crippen LogP) is 5.42. The monoisotopic (exact) mass is 299 g/mol. The van der Waals surface area contributed by atoms with Gasteiger partial charge >= 0.3 is 0 Å². The highest BCUT2D eigenvalue weighted by Crippen LogP contribution is 2.32. The van der Waals surface area contributed by atoms with Crippen molar-refractivity contribution in [2.24, 2.45) is 11.8 Å². The van der Waals surface area contributed by atoms with Gasteiger partial charge in [-0.2, -0.15) is 0 Å². The van der Waals surface area contributed by atoms with E-state index in [0.29, 0.717) is 6.04 Å². The Bertz CT molecular complexity index is 411. The number of nitrogens with zero attached hydrogens (tertiary/aromatic N) is 1. The van der Waals surface area contributed by atoms with Crippen LogP contribution in [0.15, 0.2) is 18.2 Å². The van der Waals surface area contributed by atoms with E-state index in [2.05, 4.69) is 25.7 Å². The van der Waals surface area contributed by atoms with Crippen LogP contribution in [0.2, 0.25) is 10.0 Å². The zero-order valence-corrected chi connectivity index (χ0v) is 13.5. The number of likely N-dealkylation sites (tertiary alicyclic amines) is 1. The highest BCUT2D eigenvalue weighted by Gasteiger charge is 2.26. The van der Waals surface area contributed by atoms with E-state index in [4.69, 9.17) is 23.2 Å². The van der Waals surface area contributed by atoms with Gasteiger partial charge in [-0.3, -0.25) is 4.90 Å². The van der Waals surface area contributed by atoms with Crippen LogP contribution in [-0.2, 0) is 0 Å². The normalized spacial score (nSPS) is 22.7. The highest BCUT2D eigenvalue weighted by atomic mass is 35.5. The van der Waals surface area contributed by atoms with Crippen molar-refractivity contribution in [1.29, 1.82) is 0 Å². The molecule has 0 aliphatic carbocycles. The molecule has 0 radical (unpaired) electrons. The van der Waals surface area contributed by atoms with Crippen molar-refractivity contribution in [3.8, 4) is 0 Å². The maximum absolute atomic E-state index is 6.11. The van der Waals surface area contributed by atoms with Crippen LogP contribution >= 0.6 is 23.2 Å². The molecule has 1 nitrogen and oxygen atoms in total. The Labute approximate surface area is 126 Å². The molecule has 2 atom stereocenters. The number of rotatable bonds is 3. The average molecular weight is 300 g/mol. The van der Waals surface area contributed by atoms with Crippen LogP contribution in [0, 0.1) is 11.8 Å². The molecule has 1 aromatic rings. The molecule has 1 aliphatic heterocycles. The first kappa shape index (κ1) is 15.2. The molecule has 1 fully saturated rings. The molecule has 0 aromatic heterocycles. The van der Waals surface area contributed by atoms with Gasteiger partial charge < -0.3 is 0 Å². The zero-order chi connectivity index (χ0) is 14.0. The lowest BCUT2D eigenvalue weighted by Gasteiger charge is -2.38. The molecule has 0 N–H and O–H groups in total. The van der Waals surface area contributed by atoms with Gasteiger partial charge in [0.15, 0.2) is 0 Å². The van der Waals surface area contributed by atoms with E-state index in [1.54, 1.807) is 6.07 Å². The van der Waals surface area contributed by atoms with Crippen LogP contribution in [0.5, 0.6) is 0 Å². The second-order valence-corrected chi connectivity index (χ2v) is 6.89. The number of halogens is 2. The molecule has 19 heavy (non-hydrogen) atoms. The topological polar surface area (TPSA) is 3.24 Å². The van der Waals surface area contributed by atoms with Crippen molar-refractivity contribution in [3.05, 3.63) is 33.8 Å². The quantitative estimate of drug-likeness (QED) is 0.720. The first-order valence-electron chi connectivity index (χ1n) is 7.17. The molecule has 0 amide bonds. The van der Waals surface area contributed by atoms with Crippen LogP contribution in [0.1, 0.15) is 45.2 Å². The third-order valence-electron chi connectivity index (χ3n) is 4.35. The number of hydrogen-bond acceptors (Lipinski definition) is 1. The van der Waals surface area contributed by atoms with Crippen molar-refractivity contribution in [1.82, 2.24) is 4.90 Å². The fourth-order valence-electron chi connectivity index (χ4n) is 2.96. The minimum atomic E-state index is 0.387. The Morgan fingerprint density at radius 2 is 1.74 bits per heavy atom. The largest absolute Gasteiger partial charge is 0.296 e. The number of piperidine rings is 1. The lowest BCUT2D eigenvalue weighted by atomic mass is 9.87. The molecule has 0 unspecified atom stereocenters. The Morgan fingerprint density at radius 3 is 2.32 bits per heavy atom. The zero-order valence-electron chi connectivity index (χ0n) is 12.0. The molecule has 106 valence electrons. The van der Waals surface area contributed by atoms with E-state index in [1.165, 1.54) is 31.5 Å². The maximum Gasteiger partial charge on any atom is 0.0424 e. The molecular weight excluding hydrogens is 277 g/mol. The Kier molecular flexibility index (Phi) is 5.16. The lowest BCUT2D eigenvalue weighted by Crippen LogP contribution is -2.38. The van der Waals surface area contributed by atoms with E-state index in [0.717, 1.165) is 21.9 Å². The third kappa shape index (κ3) is 3.87. The summed E-state index contributed by atoms with van der Waals surface area (Å²) in [7, 11) is 0. The van der Waals surface area contributed by atoms with Gasteiger partial charge in [-0.15, -0.1) is 0 Å². The minimum Gasteiger partial charge on any atom is -0.296 e. The summed E-state index contributed by atoms with van der Waals surface area (Å²) < 4.78 is 0. The Hall–Kier alpha value is -0.240. The minimum absolute atomic E-state index is 0.387. The van der Waals surface area contributed by atoms with E-state index in [9.17, 15) is 0 Å². The van der Waals surface area contributed by atoms with Gasteiger partial charge in [-0.25, -0.2) is 0 Å². The molecule has 1 aromatic carbocycles. The molecule has 0 spiro atoms. The SMILES string of the molecule is CC(C)[C@H]1CCCN([C@H](C)c2cc(Cl)cc(Cl)c2)C1. The molecule has 3 heteroatoms. The number of hydrogen-bond donors (Lipinski definition) is 0. The highest BCUT2D eigenvalue weighted by molar-refractivity contribution is 6.34. The van der Waals surface area contributed by atoms with Crippen molar-refractivity contribution < 1.29 is 0 Å². The molecule has 1 aliphatic rings. The van der Waals surface area contributed by atoms with Crippen molar-refractivity contribution in [3.63, 3.8) is 0 Å². The summed E-state index contributed by atoms with van der Waals surface area (Å²) in [6, 6.07) is 6.26. The summed E-state index contributed by atoms with van der Waals surface area (Å²) >= 11 is 12.2. The van der Waals surface area contributed by atoms with Crippen molar-refractivity contribution >= 4 is 23.2 Å². The summed E-state index contributed by atoms with van der Waals surface area (Å²) in [4.78, 5) is 2.57. The van der Waals surface area contributed by atoms with Crippen LogP contribution in [0.3, 0.4) is 0 Å². The third-order valence-corrected chi connectivity index (χ3v) is 4.78. The second-order valence-electron chi connectivity index (χ2n) is 6.02. The number of benzene rings is 1. The Morgan fingerprint density at radius 1 is 1.11 bits per heavy atom. The van der Waals surface area contributed by atoms with Gasteiger partial charge in [-0.1, -0.05) is 37.0 Å². The maximum atomic E-state index is 6.11. The van der Waals surface area contributed by atoms with Crippen LogP contribution in [-0.4, -0.2) is 18.0 Å². The summed E-state index contributed by atoms with van der Waals surface area (Å²) in [5, 5.41) is 1.46. The van der Waals surface area contributed by atoms with E-state index >= 15 is 0 Å². The fraction of sp³-hybridized carbons (Fsp3) is 0.625. The molecule has 0 bridgehead atoms. The first-order valence-corrected chi connectivity index (χ1v) is 7.93. The molecular formula is C16H23Cl2N. The van der Waals surface area contributed by atoms with Gasteiger partial charge in [0, 0.05) is 22.6 Å². The van der Waals surface area contributed by atoms with Gasteiger partial charge in [0.1, 0.15) is 0 Å². The van der Waals surface area contributed by atoms with Gasteiger partial charge in [-0.05, 0) is 61.9 Å². The first-order chi connectivity index (χ1) is 8.97. The molecule has 0 saturated carbocycles. The molecule has 1 heterocycles. The lowest BCUT2D eigenvalue weighted by molar-refractivity contribution is 0.109. The van der Waals surface area contributed by atoms with Gasteiger partial charge in [0.25, 0.3) is 0 Å². The van der Waals surface area contributed by atoms with Crippen molar-refractivity contribution in [2.45, 2.75) is 39.7 Å². The van der Waals surface area contributed by atoms with E-state index in [-0.39, 0.29) is 0 Å². The Balaban J connectivity index is 2.12. The summed E-state index contributed by atoms with van der Waals surface area (Å²) in [5.74, 6) is 1.57. The standard InChI is InChI=1S/C16H23Cl2N/c1-11(2)13-5-4-6-19(10-13)12(3)14-7-15(17)9-16(18)8-14/h7-9,11-13H,4-6,10H2,1-3H3/t12-,13+/m1/s1. The summed E-state index contributed by atoms with van der Waals surface area (Å²) in [5.41, 5.74) is 1.22. The van der Waals surface area contributed by atoms with Crippen LogP contribution < -0.4 is 0 Å². The summed E-state index contributed by atoms with van der Waals surface area (Å²) in [6.07, 6.45) is 2.65. The molecule has 2 rings (SSSR count).